The van der Waals surface area contributed by atoms with Crippen molar-refractivity contribution >= 4 is 23.6 Å². The summed E-state index contributed by atoms with van der Waals surface area (Å²) in [7, 11) is 0. The number of unbranched alkanes of at least 4 members (excludes halogenated alkanes) is 6. The van der Waals surface area contributed by atoms with Crippen molar-refractivity contribution in [2.24, 2.45) is 4.99 Å². The molecular formula is C18H26N2O2. The summed E-state index contributed by atoms with van der Waals surface area (Å²) in [6.45, 7) is 1.99. The molecule has 0 radical (unpaired) electrons. The zero-order valence-electron chi connectivity index (χ0n) is 13.2. The summed E-state index contributed by atoms with van der Waals surface area (Å²) in [5, 5.41) is 8.57. The number of carboxylic acid groups (broad SMARTS) is 1. The summed E-state index contributed by atoms with van der Waals surface area (Å²) >= 11 is 0. The molecule has 1 aliphatic heterocycles. The van der Waals surface area contributed by atoms with E-state index in [4.69, 9.17) is 5.11 Å². The second-order valence-electron chi connectivity index (χ2n) is 5.87. The van der Waals surface area contributed by atoms with E-state index in [-0.39, 0.29) is 0 Å². The third-order valence-electron chi connectivity index (χ3n) is 4.07. The van der Waals surface area contributed by atoms with E-state index in [1.807, 2.05) is 12.3 Å². The first-order valence-corrected chi connectivity index (χ1v) is 8.35. The lowest BCUT2D eigenvalue weighted by molar-refractivity contribution is -0.137. The largest absolute Gasteiger partial charge is 0.481 e. The molecule has 0 bridgehead atoms. The fourth-order valence-electron chi connectivity index (χ4n) is 2.85. The highest BCUT2D eigenvalue weighted by atomic mass is 16.4. The van der Waals surface area contributed by atoms with Crippen LogP contribution in [0.15, 0.2) is 29.3 Å². The molecule has 0 atom stereocenters. The summed E-state index contributed by atoms with van der Waals surface area (Å²) in [6.07, 6.45) is 10.2. The molecule has 1 aromatic carbocycles. The van der Waals surface area contributed by atoms with Gasteiger partial charge >= 0.3 is 5.97 Å². The van der Waals surface area contributed by atoms with Gasteiger partial charge in [-0.2, -0.15) is 0 Å². The highest BCUT2D eigenvalue weighted by Gasteiger charge is 2.12. The van der Waals surface area contributed by atoms with Crippen molar-refractivity contribution in [3.8, 4) is 0 Å². The van der Waals surface area contributed by atoms with Gasteiger partial charge in [0.2, 0.25) is 0 Å². The van der Waals surface area contributed by atoms with Crippen LogP contribution < -0.4 is 4.90 Å². The molecule has 0 amide bonds. The number of fused-ring (bicyclic) bond motifs is 1. The first-order chi connectivity index (χ1) is 10.8. The number of carboxylic acids is 1. The van der Waals surface area contributed by atoms with Crippen LogP contribution >= 0.6 is 0 Å². The fraction of sp³-hybridized carbons (Fsp3) is 0.556. The number of carbonyl (C=O) groups is 1. The van der Waals surface area contributed by atoms with Crippen LogP contribution in [0.4, 0.5) is 11.4 Å². The van der Waals surface area contributed by atoms with Gasteiger partial charge < -0.3 is 10.0 Å². The molecule has 0 saturated heterocycles. The highest BCUT2D eigenvalue weighted by molar-refractivity contribution is 5.81. The van der Waals surface area contributed by atoms with Gasteiger partial charge in [0.15, 0.2) is 0 Å². The van der Waals surface area contributed by atoms with Gasteiger partial charge in [-0.1, -0.05) is 44.2 Å². The molecule has 4 nitrogen and oxygen atoms in total. The monoisotopic (exact) mass is 302 g/mol. The molecule has 0 fully saturated rings. The Labute approximate surface area is 132 Å². The lowest BCUT2D eigenvalue weighted by atomic mass is 10.1. The van der Waals surface area contributed by atoms with E-state index < -0.39 is 5.97 Å². The number of aliphatic carboxylic acids is 1. The smallest absolute Gasteiger partial charge is 0.303 e. The number of para-hydroxylation sites is 2. The minimum atomic E-state index is -0.676. The van der Waals surface area contributed by atoms with E-state index in [9.17, 15) is 4.79 Å². The number of rotatable bonds is 10. The van der Waals surface area contributed by atoms with E-state index in [0.717, 1.165) is 38.0 Å². The van der Waals surface area contributed by atoms with Crippen molar-refractivity contribution in [2.75, 3.05) is 18.0 Å². The molecule has 1 aromatic rings. The predicted molar refractivity (Wildman–Crippen MR) is 91.4 cm³/mol. The Morgan fingerprint density at radius 3 is 2.50 bits per heavy atom. The fourth-order valence-corrected chi connectivity index (χ4v) is 2.85. The van der Waals surface area contributed by atoms with Crippen LogP contribution in [0.1, 0.15) is 51.4 Å². The Bertz CT molecular complexity index is 500. The number of anilines is 1. The van der Waals surface area contributed by atoms with E-state index >= 15 is 0 Å². The average molecular weight is 302 g/mol. The molecular weight excluding hydrogens is 276 g/mol. The lowest BCUT2D eigenvalue weighted by Crippen LogP contribution is -2.28. The summed E-state index contributed by atoms with van der Waals surface area (Å²) in [5.74, 6) is -0.676. The molecule has 0 aromatic heterocycles. The van der Waals surface area contributed by atoms with Gasteiger partial charge in [0.05, 0.1) is 17.9 Å². The van der Waals surface area contributed by atoms with Crippen LogP contribution in [-0.4, -0.2) is 30.4 Å². The number of hydrogen-bond acceptors (Lipinski definition) is 3. The number of benzene rings is 1. The molecule has 1 N–H and O–H groups in total. The molecule has 0 aliphatic carbocycles. The van der Waals surface area contributed by atoms with Gasteiger partial charge in [-0.3, -0.25) is 9.79 Å². The minimum absolute atomic E-state index is 0.315. The number of aliphatic imine (C=N–C) groups is 1. The summed E-state index contributed by atoms with van der Waals surface area (Å²) < 4.78 is 0. The zero-order valence-corrected chi connectivity index (χ0v) is 13.2. The topological polar surface area (TPSA) is 52.9 Å². The number of nitrogens with zero attached hydrogens (tertiary/aromatic N) is 2. The molecule has 1 aliphatic rings. The predicted octanol–water partition coefficient (Wildman–Crippen LogP) is 4.41. The van der Waals surface area contributed by atoms with Crippen LogP contribution in [0.3, 0.4) is 0 Å². The van der Waals surface area contributed by atoms with Gasteiger partial charge in [0, 0.05) is 19.2 Å². The van der Waals surface area contributed by atoms with Crippen molar-refractivity contribution in [1.82, 2.24) is 0 Å². The molecule has 22 heavy (non-hydrogen) atoms. The summed E-state index contributed by atoms with van der Waals surface area (Å²) in [6, 6.07) is 8.32. The molecule has 0 spiro atoms. The second kappa shape index (κ2) is 9.23. The maximum absolute atomic E-state index is 10.4. The van der Waals surface area contributed by atoms with Crippen molar-refractivity contribution in [3.05, 3.63) is 24.3 Å². The van der Waals surface area contributed by atoms with Crippen LogP contribution in [-0.2, 0) is 4.79 Å². The minimum Gasteiger partial charge on any atom is -0.481 e. The third-order valence-corrected chi connectivity index (χ3v) is 4.07. The maximum Gasteiger partial charge on any atom is 0.303 e. The quantitative estimate of drug-likeness (QED) is 0.651. The number of hydrogen-bond donors (Lipinski definition) is 1. The summed E-state index contributed by atoms with van der Waals surface area (Å²) in [4.78, 5) is 17.2. The summed E-state index contributed by atoms with van der Waals surface area (Å²) in [5.41, 5.74) is 2.32. The Kier molecular flexibility index (Phi) is 6.94. The second-order valence-corrected chi connectivity index (χ2v) is 5.87. The molecule has 0 unspecified atom stereocenters. The van der Waals surface area contributed by atoms with Gasteiger partial charge in [-0.25, -0.2) is 0 Å². The van der Waals surface area contributed by atoms with Crippen LogP contribution in [0.25, 0.3) is 0 Å². The molecule has 2 rings (SSSR count). The van der Waals surface area contributed by atoms with E-state index in [2.05, 4.69) is 28.1 Å². The standard InChI is InChI=1S/C18H26N2O2/c21-18(22)12-6-4-2-1-3-5-9-14-20-15-13-19-16-10-7-8-11-17(16)20/h7-8,10-11,13H,1-6,9,12,14-15H2,(H,21,22). The average Bonchev–Trinajstić information content (AvgIpc) is 2.53. The lowest BCUT2D eigenvalue weighted by Gasteiger charge is -2.27. The molecule has 120 valence electrons. The van der Waals surface area contributed by atoms with Crippen LogP contribution in [0, 0.1) is 0 Å². The van der Waals surface area contributed by atoms with Crippen molar-refractivity contribution < 1.29 is 9.90 Å². The van der Waals surface area contributed by atoms with Crippen molar-refractivity contribution in [2.45, 2.75) is 51.4 Å². The van der Waals surface area contributed by atoms with Gasteiger partial charge in [-0.05, 0) is 25.0 Å². The van der Waals surface area contributed by atoms with E-state index in [1.165, 1.54) is 31.4 Å². The maximum atomic E-state index is 10.4. The molecule has 4 heteroatoms. The van der Waals surface area contributed by atoms with Gasteiger partial charge in [-0.15, -0.1) is 0 Å². The van der Waals surface area contributed by atoms with E-state index in [1.54, 1.807) is 0 Å². The van der Waals surface area contributed by atoms with Crippen molar-refractivity contribution in [3.63, 3.8) is 0 Å². The Hall–Kier alpha value is -1.84. The molecule has 1 heterocycles. The SMILES string of the molecule is O=C(O)CCCCCCCCCN1CC=Nc2ccccc21. The van der Waals surface area contributed by atoms with E-state index in [0.29, 0.717) is 6.42 Å². The van der Waals surface area contributed by atoms with Gasteiger partial charge in [0.1, 0.15) is 0 Å². The first kappa shape index (κ1) is 16.5. The third kappa shape index (κ3) is 5.51. The Balaban J connectivity index is 1.54. The normalized spacial score (nSPS) is 13.2. The Morgan fingerprint density at radius 2 is 1.73 bits per heavy atom. The Morgan fingerprint density at radius 1 is 1.05 bits per heavy atom. The van der Waals surface area contributed by atoms with Gasteiger partial charge in [0.25, 0.3) is 0 Å². The van der Waals surface area contributed by atoms with Crippen LogP contribution in [0.5, 0.6) is 0 Å². The zero-order chi connectivity index (χ0) is 15.6. The van der Waals surface area contributed by atoms with Crippen molar-refractivity contribution in [1.29, 1.82) is 0 Å². The molecule has 0 saturated carbocycles. The van der Waals surface area contributed by atoms with Crippen LogP contribution in [0.2, 0.25) is 0 Å². The highest BCUT2D eigenvalue weighted by Crippen LogP contribution is 2.30. The first-order valence-electron chi connectivity index (χ1n) is 8.35.